The number of rotatable bonds is 8. The molecule has 1 N–H and O–H groups in total. The molecule has 0 aliphatic rings. The fourth-order valence-corrected chi connectivity index (χ4v) is 5.61. The molecule has 0 spiro atoms. The number of carbonyl (C=O) groups is 2. The van der Waals surface area contributed by atoms with Gasteiger partial charge in [-0.15, -0.1) is 11.3 Å². The Morgan fingerprint density at radius 2 is 1.88 bits per heavy atom. The van der Waals surface area contributed by atoms with Crippen molar-refractivity contribution in [1.29, 1.82) is 0 Å². The Kier molecular flexibility index (Phi) is 8.37. The van der Waals surface area contributed by atoms with Crippen LogP contribution in [0.15, 0.2) is 78.0 Å². The number of hydrogen-bond acceptors (Lipinski definition) is 7. The predicted octanol–water partition coefficient (Wildman–Crippen LogP) is 7.10. The lowest BCUT2D eigenvalue weighted by Crippen LogP contribution is -2.18. The molecule has 0 unspecified atom stereocenters. The van der Waals surface area contributed by atoms with Crippen LogP contribution in [-0.4, -0.2) is 35.0 Å². The minimum absolute atomic E-state index is 0.182. The number of amides is 1. The third kappa shape index (κ3) is 6.13. The highest BCUT2D eigenvalue weighted by atomic mass is 35.5. The first-order valence-electron chi connectivity index (χ1n) is 11.7. The second kappa shape index (κ2) is 12.1. The fourth-order valence-electron chi connectivity index (χ4n) is 3.76. The number of halogens is 3. The zero-order valence-corrected chi connectivity index (χ0v) is 23.8. The number of hydrogen-bond donors (Lipinski definition) is 1. The number of benzene rings is 3. The highest BCUT2D eigenvalue weighted by molar-refractivity contribution is 7.21. The summed E-state index contributed by atoms with van der Waals surface area (Å²) in [6, 6.07) is 19.1. The van der Waals surface area contributed by atoms with E-state index in [4.69, 9.17) is 44.3 Å². The van der Waals surface area contributed by atoms with Crippen LogP contribution >= 0.6 is 46.1 Å². The number of nitrogens with one attached hydrogen (secondary N) is 1. The van der Waals surface area contributed by atoms with Crippen molar-refractivity contribution in [1.82, 2.24) is 15.2 Å². The van der Waals surface area contributed by atoms with Gasteiger partial charge in [-0.05, 0) is 53.6 Å². The predicted molar refractivity (Wildman–Crippen MR) is 158 cm³/mol. The molecule has 8 nitrogen and oxygen atoms in total. The molecule has 0 aliphatic carbocycles. The Bertz CT molecular complexity index is 1770. The van der Waals surface area contributed by atoms with Crippen molar-refractivity contribution in [2.24, 2.45) is 5.10 Å². The van der Waals surface area contributed by atoms with Crippen molar-refractivity contribution in [2.75, 3.05) is 7.11 Å². The molecule has 5 rings (SSSR count). The molecule has 3 aromatic carbocycles. The number of esters is 1. The normalized spacial score (nSPS) is 11.2. The molecule has 5 aromatic rings. The van der Waals surface area contributed by atoms with E-state index >= 15 is 0 Å². The third-order valence-electron chi connectivity index (χ3n) is 5.71. The van der Waals surface area contributed by atoms with Gasteiger partial charge in [0.2, 0.25) is 0 Å². The van der Waals surface area contributed by atoms with Gasteiger partial charge < -0.3 is 9.47 Å². The number of aromatic nitrogens is 2. The van der Waals surface area contributed by atoms with E-state index in [1.54, 1.807) is 53.3 Å². The fraction of sp³-hybridized carbons (Fsp3) is 0.0714. The van der Waals surface area contributed by atoms with Crippen LogP contribution in [0, 0.1) is 0 Å². The largest absolute Gasteiger partial charge is 0.493 e. The summed E-state index contributed by atoms with van der Waals surface area (Å²) in [5.41, 5.74) is 4.03. The summed E-state index contributed by atoms with van der Waals surface area (Å²) in [6.45, 7) is 0.373. The maximum Gasteiger partial charge on any atom is 0.355 e. The van der Waals surface area contributed by atoms with Crippen LogP contribution in [0.1, 0.15) is 31.3 Å². The second-order valence-corrected chi connectivity index (χ2v) is 10.6. The van der Waals surface area contributed by atoms with Crippen molar-refractivity contribution >= 4 is 74.3 Å². The molecule has 1 amide bonds. The standard InChI is InChI=1S/C28H19Cl3N4O4S/c1-38-23-12-16(6-9-22(23)39-28(37)26-25(31)19-4-2-3-5-24(19)40-26)14-32-33-27(36)21-10-11-35(34-21)15-17-7-8-18(29)13-20(17)30/h2-14H,15H2,1H3,(H,33,36)/b32-14-. The van der Waals surface area contributed by atoms with Crippen LogP contribution in [0.3, 0.4) is 0 Å². The summed E-state index contributed by atoms with van der Waals surface area (Å²) in [6.07, 6.45) is 3.10. The zero-order valence-electron chi connectivity index (χ0n) is 20.7. The van der Waals surface area contributed by atoms with E-state index in [9.17, 15) is 9.59 Å². The Morgan fingerprint density at radius 1 is 1.05 bits per heavy atom. The van der Waals surface area contributed by atoms with Crippen molar-refractivity contribution in [3.8, 4) is 11.5 Å². The number of methoxy groups -OCH3 is 1. The van der Waals surface area contributed by atoms with Gasteiger partial charge in [0.05, 0.1) is 24.9 Å². The SMILES string of the molecule is COc1cc(/C=N\NC(=O)c2ccn(Cc3ccc(Cl)cc3Cl)n2)ccc1OC(=O)c1sc2ccccc2c1Cl. The summed E-state index contributed by atoms with van der Waals surface area (Å²) >= 11 is 19.8. The van der Waals surface area contributed by atoms with Crippen molar-refractivity contribution < 1.29 is 19.1 Å². The third-order valence-corrected chi connectivity index (χ3v) is 7.95. The molecule has 0 radical (unpaired) electrons. The minimum atomic E-state index is -0.587. The molecular formula is C28H19Cl3N4O4S. The van der Waals surface area contributed by atoms with Crippen molar-refractivity contribution in [3.63, 3.8) is 0 Å². The lowest BCUT2D eigenvalue weighted by Gasteiger charge is -2.09. The highest BCUT2D eigenvalue weighted by Crippen LogP contribution is 2.37. The Morgan fingerprint density at radius 3 is 2.65 bits per heavy atom. The summed E-state index contributed by atoms with van der Waals surface area (Å²) in [5.74, 6) is -0.556. The molecule has 2 aromatic heterocycles. The quantitative estimate of drug-likeness (QED) is 0.0872. The Hall–Kier alpha value is -3.89. The van der Waals surface area contributed by atoms with Crippen LogP contribution < -0.4 is 14.9 Å². The molecule has 0 saturated carbocycles. The molecular weight excluding hydrogens is 595 g/mol. The average Bonchev–Trinajstić information content (AvgIpc) is 3.55. The van der Waals surface area contributed by atoms with Gasteiger partial charge in [-0.1, -0.05) is 59.1 Å². The van der Waals surface area contributed by atoms with Gasteiger partial charge in [0.25, 0.3) is 5.91 Å². The van der Waals surface area contributed by atoms with Crippen LogP contribution in [0.25, 0.3) is 10.1 Å². The maximum atomic E-state index is 12.8. The van der Waals surface area contributed by atoms with Gasteiger partial charge in [-0.25, -0.2) is 10.2 Å². The van der Waals surface area contributed by atoms with E-state index in [1.165, 1.54) is 24.7 Å². The van der Waals surface area contributed by atoms with E-state index in [1.807, 2.05) is 24.3 Å². The molecule has 0 bridgehead atoms. The van der Waals surface area contributed by atoms with Crippen molar-refractivity contribution in [2.45, 2.75) is 6.54 Å². The van der Waals surface area contributed by atoms with E-state index in [-0.39, 0.29) is 11.4 Å². The van der Waals surface area contributed by atoms with E-state index in [0.29, 0.717) is 37.8 Å². The van der Waals surface area contributed by atoms with Crippen molar-refractivity contribution in [3.05, 3.63) is 110 Å². The topological polar surface area (TPSA) is 94.8 Å². The molecule has 40 heavy (non-hydrogen) atoms. The lowest BCUT2D eigenvalue weighted by molar-refractivity contribution is 0.0734. The molecule has 0 fully saturated rings. The molecule has 12 heteroatoms. The molecule has 0 saturated heterocycles. The van der Waals surface area contributed by atoms with Gasteiger partial charge >= 0.3 is 5.97 Å². The monoisotopic (exact) mass is 612 g/mol. The number of nitrogens with zero attached hydrogens (tertiary/aromatic N) is 3. The van der Waals surface area contributed by atoms with E-state index in [0.717, 1.165) is 15.6 Å². The van der Waals surface area contributed by atoms with Gasteiger partial charge in [0, 0.05) is 26.3 Å². The Labute approximate surface area is 247 Å². The van der Waals surface area contributed by atoms with Gasteiger partial charge in [0.15, 0.2) is 17.2 Å². The van der Waals surface area contributed by atoms with Crippen LogP contribution in [0.2, 0.25) is 15.1 Å². The molecule has 0 atom stereocenters. The first-order chi connectivity index (χ1) is 19.3. The maximum absolute atomic E-state index is 12.8. The van der Waals surface area contributed by atoms with Gasteiger partial charge in [-0.3, -0.25) is 9.48 Å². The smallest absolute Gasteiger partial charge is 0.355 e. The van der Waals surface area contributed by atoms with Gasteiger partial charge in [0.1, 0.15) is 4.88 Å². The van der Waals surface area contributed by atoms with E-state index in [2.05, 4.69) is 15.6 Å². The number of ether oxygens (including phenoxy) is 2. The minimum Gasteiger partial charge on any atom is -0.493 e. The zero-order chi connectivity index (χ0) is 28.2. The van der Waals surface area contributed by atoms with Crippen LogP contribution in [-0.2, 0) is 6.54 Å². The average molecular weight is 614 g/mol. The van der Waals surface area contributed by atoms with Crippen LogP contribution in [0.5, 0.6) is 11.5 Å². The van der Waals surface area contributed by atoms with Gasteiger partial charge in [-0.2, -0.15) is 10.2 Å². The first-order valence-corrected chi connectivity index (χ1v) is 13.7. The summed E-state index contributed by atoms with van der Waals surface area (Å²) in [4.78, 5) is 25.6. The number of carbonyl (C=O) groups excluding carboxylic acids is 2. The lowest BCUT2D eigenvalue weighted by atomic mass is 10.2. The summed E-state index contributed by atoms with van der Waals surface area (Å²) in [5, 5.41) is 10.5. The number of thiophene rings is 1. The summed E-state index contributed by atoms with van der Waals surface area (Å²) in [7, 11) is 1.45. The first kappa shape index (κ1) is 27.7. The van der Waals surface area contributed by atoms with E-state index < -0.39 is 11.9 Å². The molecule has 202 valence electrons. The Balaban J connectivity index is 1.22. The van der Waals surface area contributed by atoms with Crippen LogP contribution in [0.4, 0.5) is 0 Å². The highest BCUT2D eigenvalue weighted by Gasteiger charge is 2.20. The molecule has 0 aliphatic heterocycles. The molecule has 2 heterocycles. The second-order valence-electron chi connectivity index (χ2n) is 8.37. The number of hydrazone groups is 1. The number of fused-ring (bicyclic) bond motifs is 1. The summed E-state index contributed by atoms with van der Waals surface area (Å²) < 4.78 is 13.4.